The molecule has 0 saturated heterocycles. The van der Waals surface area contributed by atoms with Crippen LogP contribution in [0.15, 0.2) is 0 Å². The number of ether oxygens (including phenoxy) is 4. The van der Waals surface area contributed by atoms with E-state index in [1.54, 1.807) is 5.92 Å². The van der Waals surface area contributed by atoms with Crippen molar-refractivity contribution in [3.05, 3.63) is 0 Å². The molecule has 0 aromatic carbocycles. The van der Waals surface area contributed by atoms with Gasteiger partial charge in [-0.25, -0.2) is 4.79 Å². The van der Waals surface area contributed by atoms with Crippen LogP contribution in [0.3, 0.4) is 0 Å². The molecule has 0 spiro atoms. The maximum Gasteiger partial charge on any atom is 0.384 e. The maximum atomic E-state index is 10.5. The lowest BCUT2D eigenvalue weighted by atomic mass is 10.7. The van der Waals surface area contributed by atoms with Gasteiger partial charge in [0.05, 0.1) is 33.0 Å². The average Bonchev–Trinajstić information content (AvgIpc) is 2.34. The molecular formula is C10H16O8S. The lowest BCUT2D eigenvalue weighted by Crippen LogP contribution is -2.14. The predicted molar refractivity (Wildman–Crippen MR) is 63.8 cm³/mol. The van der Waals surface area contributed by atoms with Crippen molar-refractivity contribution < 1.29 is 36.7 Å². The Hall–Kier alpha value is -1.18. The van der Waals surface area contributed by atoms with Gasteiger partial charge in [-0.05, 0) is 0 Å². The van der Waals surface area contributed by atoms with Crippen molar-refractivity contribution in [3.8, 4) is 12.3 Å². The zero-order valence-electron chi connectivity index (χ0n) is 10.2. The fourth-order valence-corrected chi connectivity index (χ4v) is 1.17. The zero-order chi connectivity index (χ0) is 14.6. The van der Waals surface area contributed by atoms with Gasteiger partial charge in [-0.3, -0.25) is 4.55 Å². The third kappa shape index (κ3) is 14.8. The Morgan fingerprint density at radius 2 is 1.47 bits per heavy atom. The Bertz CT molecular complexity index is 383. The molecule has 0 aromatic heterocycles. The minimum atomic E-state index is -4.10. The van der Waals surface area contributed by atoms with E-state index in [1.807, 2.05) is 0 Å². The normalized spacial score (nSPS) is 10.9. The van der Waals surface area contributed by atoms with E-state index in [-0.39, 0.29) is 39.6 Å². The lowest BCUT2D eigenvalue weighted by Gasteiger charge is -2.06. The zero-order valence-corrected chi connectivity index (χ0v) is 11.1. The Labute approximate surface area is 111 Å². The summed E-state index contributed by atoms with van der Waals surface area (Å²) in [4.78, 5) is 10.5. The molecular weight excluding hydrogens is 280 g/mol. The van der Waals surface area contributed by atoms with Crippen LogP contribution < -0.4 is 0 Å². The van der Waals surface area contributed by atoms with Gasteiger partial charge >= 0.3 is 5.97 Å². The molecule has 0 heterocycles. The number of terminal acetylenes is 1. The topological polar surface area (TPSA) is 108 Å². The summed E-state index contributed by atoms with van der Waals surface area (Å²) in [5, 5.41) is 0. The van der Waals surface area contributed by atoms with Crippen LogP contribution in [0.25, 0.3) is 0 Å². The minimum absolute atomic E-state index is 0.0412. The molecule has 0 radical (unpaired) electrons. The number of carbonyl (C=O) groups is 1. The molecule has 0 aliphatic carbocycles. The van der Waals surface area contributed by atoms with E-state index in [0.717, 1.165) is 0 Å². The first-order chi connectivity index (χ1) is 8.95. The molecule has 9 heteroatoms. The summed E-state index contributed by atoms with van der Waals surface area (Å²) >= 11 is 0. The molecule has 0 fully saturated rings. The van der Waals surface area contributed by atoms with Crippen LogP contribution in [0.4, 0.5) is 0 Å². The van der Waals surface area contributed by atoms with E-state index < -0.39 is 22.0 Å². The molecule has 0 saturated carbocycles. The van der Waals surface area contributed by atoms with E-state index in [2.05, 4.69) is 9.47 Å². The standard InChI is InChI=1S/C10H16O8S/c1-2-10(11)18-8-7-16-4-3-15-5-6-17-9-19(12,13)14/h1H,3-9H2,(H,12,13,14). The minimum Gasteiger partial charge on any atom is -0.454 e. The predicted octanol–water partition coefficient (Wildman–Crippen LogP) is -0.942. The number of carbonyl (C=O) groups excluding carboxylic acids is 1. The summed E-state index contributed by atoms with van der Waals surface area (Å²) in [6, 6.07) is 0. The second-order valence-electron chi connectivity index (χ2n) is 3.11. The van der Waals surface area contributed by atoms with Gasteiger partial charge in [0.1, 0.15) is 6.61 Å². The Balaban J connectivity index is 3.16. The smallest absolute Gasteiger partial charge is 0.384 e. The van der Waals surface area contributed by atoms with E-state index in [0.29, 0.717) is 0 Å². The lowest BCUT2D eigenvalue weighted by molar-refractivity contribution is -0.138. The van der Waals surface area contributed by atoms with Crippen molar-refractivity contribution in [1.82, 2.24) is 0 Å². The highest BCUT2D eigenvalue weighted by molar-refractivity contribution is 7.85. The fraction of sp³-hybridized carbons (Fsp3) is 0.700. The van der Waals surface area contributed by atoms with E-state index in [9.17, 15) is 13.2 Å². The molecule has 0 aliphatic heterocycles. The Kier molecular flexibility index (Phi) is 10.1. The number of rotatable bonds is 11. The van der Waals surface area contributed by atoms with Crippen LogP contribution in [0.2, 0.25) is 0 Å². The molecule has 0 aliphatic rings. The maximum absolute atomic E-state index is 10.5. The summed E-state index contributed by atoms with van der Waals surface area (Å²) in [5.74, 6) is 0.294. The van der Waals surface area contributed by atoms with Crippen LogP contribution in [0, 0.1) is 12.3 Å². The quantitative estimate of drug-likeness (QED) is 0.171. The van der Waals surface area contributed by atoms with E-state index >= 15 is 0 Å². The molecule has 8 nitrogen and oxygen atoms in total. The van der Waals surface area contributed by atoms with Crippen molar-refractivity contribution >= 4 is 16.1 Å². The largest absolute Gasteiger partial charge is 0.454 e. The van der Waals surface area contributed by atoms with E-state index in [4.69, 9.17) is 20.4 Å². The SMILES string of the molecule is C#CC(=O)OCCOCCOCCOCS(=O)(=O)O. The molecule has 0 atom stereocenters. The number of hydrogen-bond acceptors (Lipinski definition) is 7. The fourth-order valence-electron chi connectivity index (χ4n) is 0.839. The highest BCUT2D eigenvalue weighted by atomic mass is 32.2. The van der Waals surface area contributed by atoms with Gasteiger partial charge < -0.3 is 18.9 Å². The van der Waals surface area contributed by atoms with Gasteiger partial charge in [-0.15, -0.1) is 6.42 Å². The van der Waals surface area contributed by atoms with E-state index in [1.165, 1.54) is 0 Å². The van der Waals surface area contributed by atoms with Crippen molar-refractivity contribution in [3.63, 3.8) is 0 Å². The summed E-state index contributed by atoms with van der Waals surface area (Å²) in [6.45, 7) is 1.05. The second-order valence-corrected chi connectivity index (χ2v) is 4.51. The molecule has 110 valence electrons. The Morgan fingerprint density at radius 3 is 1.95 bits per heavy atom. The first-order valence-electron chi connectivity index (χ1n) is 5.27. The molecule has 0 amide bonds. The molecule has 19 heavy (non-hydrogen) atoms. The second kappa shape index (κ2) is 10.7. The summed E-state index contributed by atoms with van der Waals surface area (Å²) in [6.07, 6.45) is 4.77. The molecule has 0 unspecified atom stereocenters. The van der Waals surface area contributed by atoms with Gasteiger partial charge in [0.2, 0.25) is 0 Å². The van der Waals surface area contributed by atoms with Gasteiger partial charge in [0.25, 0.3) is 10.1 Å². The van der Waals surface area contributed by atoms with Crippen LogP contribution >= 0.6 is 0 Å². The molecule has 1 N–H and O–H groups in total. The van der Waals surface area contributed by atoms with Crippen molar-refractivity contribution in [2.24, 2.45) is 0 Å². The van der Waals surface area contributed by atoms with Crippen LogP contribution in [-0.2, 0) is 33.9 Å². The molecule has 0 aromatic rings. The third-order valence-electron chi connectivity index (χ3n) is 1.55. The molecule has 0 rings (SSSR count). The highest BCUT2D eigenvalue weighted by Crippen LogP contribution is 1.86. The molecule has 0 bridgehead atoms. The van der Waals surface area contributed by atoms with Gasteiger partial charge in [0.15, 0.2) is 5.94 Å². The van der Waals surface area contributed by atoms with Crippen molar-refractivity contribution in [2.75, 3.05) is 45.6 Å². The van der Waals surface area contributed by atoms with Gasteiger partial charge in [0, 0.05) is 5.92 Å². The van der Waals surface area contributed by atoms with Gasteiger partial charge in [-0.2, -0.15) is 8.42 Å². The van der Waals surface area contributed by atoms with Crippen molar-refractivity contribution in [2.45, 2.75) is 0 Å². The van der Waals surface area contributed by atoms with Gasteiger partial charge in [-0.1, -0.05) is 0 Å². The third-order valence-corrected chi connectivity index (χ3v) is 2.02. The summed E-state index contributed by atoms with van der Waals surface area (Å²) in [7, 11) is -4.10. The van der Waals surface area contributed by atoms with Crippen LogP contribution in [0.5, 0.6) is 0 Å². The first-order valence-corrected chi connectivity index (χ1v) is 6.88. The van der Waals surface area contributed by atoms with Crippen molar-refractivity contribution in [1.29, 1.82) is 0 Å². The number of esters is 1. The van der Waals surface area contributed by atoms with Crippen LogP contribution in [0.1, 0.15) is 0 Å². The average molecular weight is 296 g/mol. The summed E-state index contributed by atoms with van der Waals surface area (Å²) in [5.41, 5.74) is 0. The van der Waals surface area contributed by atoms with Crippen LogP contribution in [-0.4, -0.2) is 64.5 Å². The number of hydrogen-bond donors (Lipinski definition) is 1. The first kappa shape index (κ1) is 17.8. The highest BCUT2D eigenvalue weighted by Gasteiger charge is 2.02. The Morgan fingerprint density at radius 1 is 1.00 bits per heavy atom. The summed E-state index contributed by atoms with van der Waals surface area (Å²) < 4.78 is 48.1. The monoisotopic (exact) mass is 296 g/mol.